The molecule has 4 nitrogen and oxygen atoms in total. The molecule has 4 N–H and O–H groups in total. The molecule has 0 unspecified atom stereocenters. The lowest BCUT2D eigenvalue weighted by molar-refractivity contribution is 0.829. The van der Waals surface area contributed by atoms with Crippen LogP contribution in [0.1, 0.15) is 22.8 Å². The summed E-state index contributed by atoms with van der Waals surface area (Å²) in [5.41, 5.74) is 15.4. The predicted molar refractivity (Wildman–Crippen MR) is 81.4 cm³/mol. The van der Waals surface area contributed by atoms with E-state index in [1.54, 1.807) is 0 Å². The standard InChI is InChI=1S/C16H22N4/c17-11-9-15-5-1-3-13(19-15)7-8-14-4-2-6-16(20-14)10-12-18/h1-6H,7-12,17-18H2. The van der Waals surface area contributed by atoms with Gasteiger partial charge < -0.3 is 11.5 Å². The third kappa shape index (κ3) is 4.40. The number of nitrogens with zero attached hydrogens (tertiary/aromatic N) is 2. The lowest BCUT2D eigenvalue weighted by atomic mass is 10.1. The quantitative estimate of drug-likeness (QED) is 0.794. The maximum absolute atomic E-state index is 5.56. The smallest absolute Gasteiger partial charge is 0.0419 e. The van der Waals surface area contributed by atoms with E-state index in [9.17, 15) is 0 Å². The van der Waals surface area contributed by atoms with Gasteiger partial charge in [0.2, 0.25) is 0 Å². The van der Waals surface area contributed by atoms with Crippen molar-refractivity contribution in [1.82, 2.24) is 9.97 Å². The van der Waals surface area contributed by atoms with Crippen molar-refractivity contribution in [3.8, 4) is 0 Å². The molecule has 0 saturated carbocycles. The van der Waals surface area contributed by atoms with Gasteiger partial charge in [0, 0.05) is 35.6 Å². The molecule has 0 aliphatic carbocycles. The summed E-state index contributed by atoms with van der Waals surface area (Å²) in [6, 6.07) is 12.3. The summed E-state index contributed by atoms with van der Waals surface area (Å²) in [7, 11) is 0. The monoisotopic (exact) mass is 270 g/mol. The fraction of sp³-hybridized carbons (Fsp3) is 0.375. The summed E-state index contributed by atoms with van der Waals surface area (Å²) in [5, 5.41) is 0. The molecule has 0 aromatic carbocycles. The third-order valence-electron chi connectivity index (χ3n) is 3.17. The summed E-state index contributed by atoms with van der Waals surface area (Å²) in [6.07, 6.45) is 3.46. The molecule has 0 bridgehead atoms. The molecule has 2 aromatic rings. The second kappa shape index (κ2) is 7.72. The second-order valence-corrected chi connectivity index (χ2v) is 4.82. The van der Waals surface area contributed by atoms with E-state index < -0.39 is 0 Å². The number of pyridine rings is 2. The number of rotatable bonds is 7. The number of hydrogen-bond acceptors (Lipinski definition) is 4. The Morgan fingerprint density at radius 2 is 0.950 bits per heavy atom. The van der Waals surface area contributed by atoms with Gasteiger partial charge in [0.05, 0.1) is 0 Å². The summed E-state index contributed by atoms with van der Waals surface area (Å²) >= 11 is 0. The Bertz CT molecular complexity index is 490. The van der Waals surface area contributed by atoms with Crippen molar-refractivity contribution in [2.24, 2.45) is 11.5 Å². The fourth-order valence-electron chi connectivity index (χ4n) is 2.17. The highest BCUT2D eigenvalue weighted by Gasteiger charge is 2.01. The average molecular weight is 270 g/mol. The van der Waals surface area contributed by atoms with Crippen LogP contribution in [0.15, 0.2) is 36.4 Å². The largest absolute Gasteiger partial charge is 0.330 e. The number of nitrogens with two attached hydrogens (primary N) is 2. The lowest BCUT2D eigenvalue weighted by Gasteiger charge is -2.05. The highest BCUT2D eigenvalue weighted by Crippen LogP contribution is 2.06. The molecule has 106 valence electrons. The topological polar surface area (TPSA) is 77.8 Å². The van der Waals surface area contributed by atoms with Crippen LogP contribution in [0.4, 0.5) is 0 Å². The van der Waals surface area contributed by atoms with Crippen molar-refractivity contribution in [3.63, 3.8) is 0 Å². The van der Waals surface area contributed by atoms with Crippen LogP contribution in [0.3, 0.4) is 0 Å². The van der Waals surface area contributed by atoms with Gasteiger partial charge in [-0.25, -0.2) is 0 Å². The Morgan fingerprint density at radius 1 is 0.600 bits per heavy atom. The van der Waals surface area contributed by atoms with Crippen LogP contribution < -0.4 is 11.5 Å². The molecule has 0 aliphatic rings. The first-order valence-corrected chi connectivity index (χ1v) is 7.11. The summed E-state index contributed by atoms with van der Waals surface area (Å²) < 4.78 is 0. The van der Waals surface area contributed by atoms with E-state index in [4.69, 9.17) is 11.5 Å². The van der Waals surface area contributed by atoms with Gasteiger partial charge >= 0.3 is 0 Å². The predicted octanol–water partition coefficient (Wildman–Crippen LogP) is 1.26. The minimum Gasteiger partial charge on any atom is -0.330 e. The van der Waals surface area contributed by atoms with E-state index in [1.165, 1.54) is 0 Å². The van der Waals surface area contributed by atoms with Gasteiger partial charge in [-0.15, -0.1) is 0 Å². The van der Waals surface area contributed by atoms with Crippen molar-refractivity contribution in [3.05, 3.63) is 59.2 Å². The van der Waals surface area contributed by atoms with Crippen molar-refractivity contribution < 1.29 is 0 Å². The molecule has 20 heavy (non-hydrogen) atoms. The Morgan fingerprint density at radius 3 is 1.30 bits per heavy atom. The molecule has 2 rings (SSSR count). The van der Waals surface area contributed by atoms with E-state index in [0.717, 1.165) is 48.5 Å². The highest BCUT2D eigenvalue weighted by molar-refractivity contribution is 5.15. The van der Waals surface area contributed by atoms with Crippen LogP contribution in [0.2, 0.25) is 0 Å². The number of hydrogen-bond donors (Lipinski definition) is 2. The first kappa shape index (κ1) is 14.6. The lowest BCUT2D eigenvalue weighted by Crippen LogP contribution is -2.07. The molecule has 4 heteroatoms. The van der Waals surface area contributed by atoms with E-state index in [0.29, 0.717) is 13.1 Å². The van der Waals surface area contributed by atoms with Gasteiger partial charge in [0.1, 0.15) is 0 Å². The first-order valence-electron chi connectivity index (χ1n) is 7.11. The van der Waals surface area contributed by atoms with Crippen molar-refractivity contribution in [2.75, 3.05) is 13.1 Å². The third-order valence-corrected chi connectivity index (χ3v) is 3.17. The summed E-state index contributed by atoms with van der Waals surface area (Å²) in [5.74, 6) is 0. The first-order chi connectivity index (χ1) is 9.81. The van der Waals surface area contributed by atoms with E-state index >= 15 is 0 Å². The summed E-state index contributed by atoms with van der Waals surface area (Å²) in [6.45, 7) is 1.28. The minimum absolute atomic E-state index is 0.638. The molecule has 0 fully saturated rings. The van der Waals surface area contributed by atoms with Crippen LogP contribution in [0.25, 0.3) is 0 Å². The van der Waals surface area contributed by atoms with Crippen LogP contribution in [0, 0.1) is 0 Å². The maximum Gasteiger partial charge on any atom is 0.0419 e. The molecule has 0 atom stereocenters. The minimum atomic E-state index is 0.638. The highest BCUT2D eigenvalue weighted by atomic mass is 14.7. The van der Waals surface area contributed by atoms with Crippen LogP contribution >= 0.6 is 0 Å². The average Bonchev–Trinajstić information content (AvgIpc) is 2.47. The Kier molecular flexibility index (Phi) is 5.65. The SMILES string of the molecule is NCCc1cccc(CCc2cccc(CCN)n2)n1. The molecule has 0 aliphatic heterocycles. The maximum atomic E-state index is 5.56. The number of aromatic nitrogens is 2. The van der Waals surface area contributed by atoms with Gasteiger partial charge in [0.15, 0.2) is 0 Å². The molecule has 0 amide bonds. The molecule has 0 radical (unpaired) electrons. The molecule has 0 spiro atoms. The molecule has 2 heterocycles. The molecule has 0 saturated heterocycles. The molecular weight excluding hydrogens is 248 g/mol. The van der Waals surface area contributed by atoms with Gasteiger partial charge in [-0.3, -0.25) is 9.97 Å². The second-order valence-electron chi connectivity index (χ2n) is 4.82. The molecule has 2 aromatic heterocycles. The Hall–Kier alpha value is -1.78. The van der Waals surface area contributed by atoms with Gasteiger partial charge in [-0.1, -0.05) is 12.1 Å². The van der Waals surface area contributed by atoms with E-state index in [2.05, 4.69) is 22.1 Å². The van der Waals surface area contributed by atoms with Crippen molar-refractivity contribution >= 4 is 0 Å². The van der Waals surface area contributed by atoms with Crippen LogP contribution in [-0.2, 0) is 25.7 Å². The fourth-order valence-corrected chi connectivity index (χ4v) is 2.17. The zero-order valence-corrected chi connectivity index (χ0v) is 11.8. The molecular formula is C16H22N4. The summed E-state index contributed by atoms with van der Waals surface area (Å²) in [4.78, 5) is 9.22. The van der Waals surface area contributed by atoms with Crippen molar-refractivity contribution in [2.45, 2.75) is 25.7 Å². The Balaban J connectivity index is 1.97. The zero-order chi connectivity index (χ0) is 14.2. The Labute approximate surface area is 120 Å². The van der Waals surface area contributed by atoms with Gasteiger partial charge in [-0.05, 0) is 50.2 Å². The zero-order valence-electron chi connectivity index (χ0n) is 11.8. The normalized spacial score (nSPS) is 10.7. The van der Waals surface area contributed by atoms with Gasteiger partial charge in [-0.2, -0.15) is 0 Å². The van der Waals surface area contributed by atoms with Crippen LogP contribution in [-0.4, -0.2) is 23.1 Å². The van der Waals surface area contributed by atoms with E-state index in [-0.39, 0.29) is 0 Å². The van der Waals surface area contributed by atoms with E-state index in [1.807, 2.05) is 24.3 Å². The van der Waals surface area contributed by atoms with Gasteiger partial charge in [0.25, 0.3) is 0 Å². The van der Waals surface area contributed by atoms with Crippen LogP contribution in [0.5, 0.6) is 0 Å². The number of aryl methyl sites for hydroxylation is 2. The van der Waals surface area contributed by atoms with Crippen molar-refractivity contribution in [1.29, 1.82) is 0 Å².